The number of carbonyl (C=O) groups is 1. The molecule has 0 unspecified atom stereocenters. The standard InChI is InChI=1S/C19H22N2O2/c1-14(2)13-23-18-9-7-16(8-10-18)19(22)21(4)15(3)17-6-5-11-20-12-17/h5-12,15H,1,13H2,2-4H3/t15-/m0/s1. The fourth-order valence-corrected chi connectivity index (χ4v) is 2.13. The molecule has 0 saturated heterocycles. The van der Waals surface area contributed by atoms with Gasteiger partial charge in [-0.3, -0.25) is 9.78 Å². The van der Waals surface area contributed by atoms with Gasteiger partial charge in [0.15, 0.2) is 0 Å². The van der Waals surface area contributed by atoms with E-state index < -0.39 is 0 Å². The van der Waals surface area contributed by atoms with Crippen LogP contribution in [0.4, 0.5) is 0 Å². The quantitative estimate of drug-likeness (QED) is 0.761. The Hall–Kier alpha value is -2.62. The molecule has 2 rings (SSSR count). The molecular weight excluding hydrogens is 288 g/mol. The summed E-state index contributed by atoms with van der Waals surface area (Å²) in [6.45, 7) is 8.17. The highest BCUT2D eigenvalue weighted by Gasteiger charge is 2.19. The van der Waals surface area contributed by atoms with Crippen molar-refractivity contribution < 1.29 is 9.53 Å². The van der Waals surface area contributed by atoms with Gasteiger partial charge >= 0.3 is 0 Å². The molecule has 1 aromatic carbocycles. The van der Waals surface area contributed by atoms with E-state index in [0.29, 0.717) is 12.2 Å². The minimum Gasteiger partial charge on any atom is -0.489 e. The first kappa shape index (κ1) is 16.7. The van der Waals surface area contributed by atoms with E-state index in [9.17, 15) is 4.79 Å². The number of amides is 1. The SMILES string of the molecule is C=C(C)COc1ccc(C(=O)N(C)[C@@H](C)c2cccnc2)cc1. The van der Waals surface area contributed by atoms with Crippen LogP contribution in [0, 0.1) is 0 Å². The van der Waals surface area contributed by atoms with Crippen LogP contribution in [-0.4, -0.2) is 29.4 Å². The molecule has 0 aliphatic heterocycles. The van der Waals surface area contributed by atoms with Crippen molar-refractivity contribution in [3.63, 3.8) is 0 Å². The van der Waals surface area contributed by atoms with Crippen LogP contribution >= 0.6 is 0 Å². The maximum absolute atomic E-state index is 12.6. The van der Waals surface area contributed by atoms with Gasteiger partial charge in [0.2, 0.25) is 0 Å². The lowest BCUT2D eigenvalue weighted by molar-refractivity contribution is 0.0742. The van der Waals surface area contributed by atoms with Gasteiger partial charge in [-0.05, 0) is 55.3 Å². The molecule has 1 amide bonds. The van der Waals surface area contributed by atoms with Gasteiger partial charge in [-0.1, -0.05) is 12.6 Å². The van der Waals surface area contributed by atoms with Crippen LogP contribution in [0.15, 0.2) is 60.9 Å². The van der Waals surface area contributed by atoms with Crippen molar-refractivity contribution in [3.05, 3.63) is 72.1 Å². The Morgan fingerprint density at radius 2 is 2.00 bits per heavy atom. The van der Waals surface area contributed by atoms with Crippen LogP contribution in [-0.2, 0) is 0 Å². The van der Waals surface area contributed by atoms with Crippen molar-refractivity contribution in [2.24, 2.45) is 0 Å². The molecule has 0 radical (unpaired) electrons. The molecule has 1 aromatic heterocycles. The minimum absolute atomic E-state index is 0.0344. The summed E-state index contributed by atoms with van der Waals surface area (Å²) in [7, 11) is 1.80. The number of carbonyl (C=O) groups excluding carboxylic acids is 1. The molecule has 0 bridgehead atoms. The Morgan fingerprint density at radius 1 is 1.30 bits per heavy atom. The van der Waals surface area contributed by atoms with Crippen LogP contribution in [0.25, 0.3) is 0 Å². The molecule has 1 atom stereocenters. The zero-order valence-electron chi connectivity index (χ0n) is 13.8. The third kappa shape index (κ3) is 4.42. The first-order chi connectivity index (χ1) is 11.0. The predicted octanol–water partition coefficient (Wildman–Crippen LogP) is 3.87. The van der Waals surface area contributed by atoms with Crippen LogP contribution in [0.2, 0.25) is 0 Å². The van der Waals surface area contributed by atoms with Crippen LogP contribution in [0.5, 0.6) is 5.75 Å². The zero-order valence-corrected chi connectivity index (χ0v) is 13.8. The van der Waals surface area contributed by atoms with Crippen molar-refractivity contribution in [1.82, 2.24) is 9.88 Å². The average molecular weight is 310 g/mol. The van der Waals surface area contributed by atoms with Gasteiger partial charge < -0.3 is 9.64 Å². The van der Waals surface area contributed by atoms with Gasteiger partial charge in [0.1, 0.15) is 12.4 Å². The number of hydrogen-bond donors (Lipinski definition) is 0. The summed E-state index contributed by atoms with van der Waals surface area (Å²) in [5.74, 6) is 0.695. The van der Waals surface area contributed by atoms with Crippen molar-refractivity contribution >= 4 is 5.91 Å². The van der Waals surface area contributed by atoms with E-state index in [2.05, 4.69) is 11.6 Å². The highest BCUT2D eigenvalue weighted by atomic mass is 16.5. The molecular formula is C19H22N2O2. The summed E-state index contributed by atoms with van der Waals surface area (Å²) in [5.41, 5.74) is 2.59. The first-order valence-corrected chi connectivity index (χ1v) is 7.53. The lowest BCUT2D eigenvalue weighted by atomic mass is 10.1. The highest BCUT2D eigenvalue weighted by Crippen LogP contribution is 2.21. The van der Waals surface area contributed by atoms with E-state index >= 15 is 0 Å². The maximum Gasteiger partial charge on any atom is 0.254 e. The summed E-state index contributed by atoms with van der Waals surface area (Å²) in [6.07, 6.45) is 3.50. The van der Waals surface area contributed by atoms with E-state index in [0.717, 1.165) is 16.9 Å². The van der Waals surface area contributed by atoms with Gasteiger partial charge in [-0.25, -0.2) is 0 Å². The zero-order chi connectivity index (χ0) is 16.8. The minimum atomic E-state index is -0.0458. The second-order valence-electron chi connectivity index (χ2n) is 5.65. The summed E-state index contributed by atoms with van der Waals surface area (Å²) in [6, 6.07) is 11.0. The first-order valence-electron chi connectivity index (χ1n) is 7.53. The van der Waals surface area contributed by atoms with E-state index in [-0.39, 0.29) is 11.9 Å². The van der Waals surface area contributed by atoms with Crippen LogP contribution < -0.4 is 4.74 Å². The summed E-state index contributed by atoms with van der Waals surface area (Å²) in [4.78, 5) is 18.4. The lowest BCUT2D eigenvalue weighted by Crippen LogP contribution is -2.29. The third-order valence-electron chi connectivity index (χ3n) is 3.65. The van der Waals surface area contributed by atoms with Crippen LogP contribution in [0.1, 0.15) is 35.8 Å². The maximum atomic E-state index is 12.6. The number of nitrogens with zero attached hydrogens (tertiary/aromatic N) is 2. The Balaban J connectivity index is 2.06. The number of ether oxygens (including phenoxy) is 1. The molecule has 1 heterocycles. The van der Waals surface area contributed by atoms with Crippen LogP contribution in [0.3, 0.4) is 0 Å². The molecule has 0 spiro atoms. The molecule has 4 nitrogen and oxygen atoms in total. The van der Waals surface area contributed by atoms with E-state index in [4.69, 9.17) is 4.74 Å². The smallest absolute Gasteiger partial charge is 0.254 e. The van der Waals surface area contributed by atoms with Gasteiger partial charge in [0.25, 0.3) is 5.91 Å². The second-order valence-corrected chi connectivity index (χ2v) is 5.65. The normalized spacial score (nSPS) is 11.6. The Morgan fingerprint density at radius 3 is 2.57 bits per heavy atom. The summed E-state index contributed by atoms with van der Waals surface area (Å²) < 4.78 is 5.55. The lowest BCUT2D eigenvalue weighted by Gasteiger charge is -2.25. The van der Waals surface area contributed by atoms with Crippen molar-refractivity contribution in [2.45, 2.75) is 19.9 Å². The number of rotatable bonds is 6. The fourth-order valence-electron chi connectivity index (χ4n) is 2.13. The number of benzene rings is 1. The van der Waals surface area contributed by atoms with E-state index in [1.165, 1.54) is 0 Å². The summed E-state index contributed by atoms with van der Waals surface area (Å²) in [5, 5.41) is 0. The number of hydrogen-bond acceptors (Lipinski definition) is 3. The molecule has 23 heavy (non-hydrogen) atoms. The van der Waals surface area contributed by atoms with Gasteiger partial charge in [0, 0.05) is 25.0 Å². The Labute approximate surface area is 137 Å². The molecule has 0 fully saturated rings. The van der Waals surface area contributed by atoms with Crippen molar-refractivity contribution in [3.8, 4) is 5.75 Å². The average Bonchev–Trinajstić information content (AvgIpc) is 2.59. The van der Waals surface area contributed by atoms with Crippen molar-refractivity contribution in [2.75, 3.05) is 13.7 Å². The molecule has 2 aromatic rings. The molecule has 120 valence electrons. The third-order valence-corrected chi connectivity index (χ3v) is 3.65. The number of aromatic nitrogens is 1. The largest absolute Gasteiger partial charge is 0.489 e. The van der Waals surface area contributed by atoms with E-state index in [1.54, 1.807) is 48.6 Å². The highest BCUT2D eigenvalue weighted by molar-refractivity contribution is 5.94. The second kappa shape index (κ2) is 7.58. The number of pyridine rings is 1. The fraction of sp³-hybridized carbons (Fsp3) is 0.263. The van der Waals surface area contributed by atoms with Gasteiger partial charge in [-0.2, -0.15) is 0 Å². The topological polar surface area (TPSA) is 42.4 Å². The molecule has 0 saturated carbocycles. The van der Waals surface area contributed by atoms with E-state index in [1.807, 2.05) is 26.0 Å². The summed E-state index contributed by atoms with van der Waals surface area (Å²) >= 11 is 0. The van der Waals surface area contributed by atoms with Gasteiger partial charge in [-0.15, -0.1) is 0 Å². The molecule has 0 aliphatic rings. The Bertz CT molecular complexity index is 666. The molecule has 4 heteroatoms. The Kier molecular flexibility index (Phi) is 5.52. The van der Waals surface area contributed by atoms with Gasteiger partial charge in [0.05, 0.1) is 6.04 Å². The monoisotopic (exact) mass is 310 g/mol. The predicted molar refractivity (Wildman–Crippen MR) is 91.5 cm³/mol. The molecule has 0 N–H and O–H groups in total. The molecule has 0 aliphatic carbocycles. The van der Waals surface area contributed by atoms with Crippen molar-refractivity contribution in [1.29, 1.82) is 0 Å².